The lowest BCUT2D eigenvalue weighted by molar-refractivity contribution is -0.115. The van der Waals surface area contributed by atoms with E-state index in [0.717, 1.165) is 11.8 Å². The Hall–Kier alpha value is -1.77. The SMILES string of the molecule is CC(C)[C@@H](NC(=O)c1ccc(Cl)cc1Cl)c1nc(SCC(N)=O)n[nH]1. The summed E-state index contributed by atoms with van der Waals surface area (Å²) in [6, 6.07) is 4.26. The van der Waals surface area contributed by atoms with Crippen LogP contribution in [0.2, 0.25) is 10.0 Å². The maximum absolute atomic E-state index is 12.5. The number of benzene rings is 1. The second-order valence-electron chi connectivity index (χ2n) is 5.58. The van der Waals surface area contributed by atoms with Crippen LogP contribution in [0.5, 0.6) is 0 Å². The van der Waals surface area contributed by atoms with E-state index < -0.39 is 11.9 Å². The highest BCUT2D eigenvalue weighted by Crippen LogP contribution is 2.24. The fourth-order valence-electron chi connectivity index (χ4n) is 2.04. The predicted molar refractivity (Wildman–Crippen MR) is 97.8 cm³/mol. The van der Waals surface area contributed by atoms with Gasteiger partial charge < -0.3 is 11.1 Å². The molecule has 0 aliphatic rings. The highest BCUT2D eigenvalue weighted by atomic mass is 35.5. The van der Waals surface area contributed by atoms with Gasteiger partial charge in [-0.3, -0.25) is 14.7 Å². The van der Waals surface area contributed by atoms with Gasteiger partial charge in [0, 0.05) is 5.02 Å². The summed E-state index contributed by atoms with van der Waals surface area (Å²) in [5.41, 5.74) is 5.42. The Morgan fingerprint density at radius 1 is 1.36 bits per heavy atom. The average molecular weight is 402 g/mol. The van der Waals surface area contributed by atoms with Crippen LogP contribution >= 0.6 is 35.0 Å². The number of hydrogen-bond acceptors (Lipinski definition) is 5. The van der Waals surface area contributed by atoms with E-state index in [9.17, 15) is 9.59 Å². The number of amides is 2. The minimum absolute atomic E-state index is 0.0389. The zero-order chi connectivity index (χ0) is 18.6. The van der Waals surface area contributed by atoms with Gasteiger partial charge in [-0.05, 0) is 24.1 Å². The number of carbonyl (C=O) groups excluding carboxylic acids is 2. The van der Waals surface area contributed by atoms with Gasteiger partial charge in [0.1, 0.15) is 5.82 Å². The maximum Gasteiger partial charge on any atom is 0.253 e. The molecule has 1 aromatic heterocycles. The van der Waals surface area contributed by atoms with Gasteiger partial charge in [0.05, 0.1) is 22.4 Å². The van der Waals surface area contributed by atoms with Crippen LogP contribution in [0.4, 0.5) is 0 Å². The Kier molecular flexibility index (Phi) is 6.69. The van der Waals surface area contributed by atoms with Crippen molar-refractivity contribution in [3.63, 3.8) is 0 Å². The molecule has 4 N–H and O–H groups in total. The highest BCUT2D eigenvalue weighted by Gasteiger charge is 2.24. The van der Waals surface area contributed by atoms with Crippen molar-refractivity contribution in [2.24, 2.45) is 11.7 Å². The van der Waals surface area contributed by atoms with Crippen molar-refractivity contribution >= 4 is 46.8 Å². The lowest BCUT2D eigenvalue weighted by atomic mass is 10.0. The zero-order valence-electron chi connectivity index (χ0n) is 13.5. The second kappa shape index (κ2) is 8.55. The zero-order valence-corrected chi connectivity index (χ0v) is 15.9. The molecular formula is C15H17Cl2N5O2S. The molecule has 0 radical (unpaired) electrons. The van der Waals surface area contributed by atoms with Crippen LogP contribution in [-0.2, 0) is 4.79 Å². The lowest BCUT2D eigenvalue weighted by Crippen LogP contribution is -2.32. The van der Waals surface area contributed by atoms with Gasteiger partial charge in [0.2, 0.25) is 11.1 Å². The molecule has 0 fully saturated rings. The summed E-state index contributed by atoms with van der Waals surface area (Å²) in [6.07, 6.45) is 0. The fourth-order valence-corrected chi connectivity index (χ4v) is 3.08. The molecule has 2 amide bonds. The number of hydrogen-bond donors (Lipinski definition) is 3. The van der Waals surface area contributed by atoms with E-state index in [1.165, 1.54) is 6.07 Å². The molecule has 1 aromatic carbocycles. The van der Waals surface area contributed by atoms with Gasteiger partial charge >= 0.3 is 0 Å². The third-order valence-electron chi connectivity index (χ3n) is 3.25. The molecule has 0 bridgehead atoms. The Morgan fingerprint density at radius 3 is 2.68 bits per heavy atom. The molecule has 1 heterocycles. The second-order valence-corrected chi connectivity index (χ2v) is 7.36. The number of carbonyl (C=O) groups is 2. The number of primary amides is 1. The van der Waals surface area contributed by atoms with E-state index in [-0.39, 0.29) is 22.6 Å². The number of H-pyrrole nitrogens is 1. The van der Waals surface area contributed by atoms with E-state index in [4.69, 9.17) is 28.9 Å². The minimum Gasteiger partial charge on any atom is -0.369 e. The molecule has 0 spiro atoms. The van der Waals surface area contributed by atoms with Crippen LogP contribution in [0.15, 0.2) is 23.4 Å². The summed E-state index contributed by atoms with van der Waals surface area (Å²) >= 11 is 13.1. The van der Waals surface area contributed by atoms with Crippen LogP contribution in [0.25, 0.3) is 0 Å². The topological polar surface area (TPSA) is 114 Å². The Morgan fingerprint density at radius 2 is 2.08 bits per heavy atom. The largest absolute Gasteiger partial charge is 0.369 e. The number of nitrogens with one attached hydrogen (secondary N) is 2. The third-order valence-corrected chi connectivity index (χ3v) is 4.67. The van der Waals surface area contributed by atoms with Gasteiger partial charge in [-0.25, -0.2) is 4.98 Å². The fraction of sp³-hybridized carbons (Fsp3) is 0.333. The van der Waals surface area contributed by atoms with Crippen LogP contribution in [0.1, 0.15) is 36.1 Å². The standard InChI is InChI=1S/C15H17Cl2N5O2S/c1-7(2)12(13-20-15(22-21-13)25-6-11(18)23)19-14(24)9-4-3-8(16)5-10(9)17/h3-5,7,12H,6H2,1-2H3,(H2,18,23)(H,19,24)(H,20,21,22)/t12-/m1/s1. The first-order valence-corrected chi connectivity index (χ1v) is 9.11. The molecule has 0 saturated carbocycles. The van der Waals surface area contributed by atoms with E-state index in [0.29, 0.717) is 21.6 Å². The number of aromatic nitrogens is 3. The molecule has 25 heavy (non-hydrogen) atoms. The predicted octanol–water partition coefficient (Wildman–Crippen LogP) is 2.82. The molecule has 10 heteroatoms. The van der Waals surface area contributed by atoms with E-state index in [1.54, 1.807) is 12.1 Å². The Balaban J connectivity index is 2.15. The quantitative estimate of drug-likeness (QED) is 0.617. The molecule has 2 rings (SSSR count). The summed E-state index contributed by atoms with van der Waals surface area (Å²) in [7, 11) is 0. The number of aromatic amines is 1. The van der Waals surface area contributed by atoms with Crippen LogP contribution in [0.3, 0.4) is 0 Å². The van der Waals surface area contributed by atoms with Crippen molar-refractivity contribution in [2.75, 3.05) is 5.75 Å². The van der Waals surface area contributed by atoms with Crippen molar-refractivity contribution in [1.82, 2.24) is 20.5 Å². The first-order chi connectivity index (χ1) is 11.8. The molecule has 0 unspecified atom stereocenters. The summed E-state index contributed by atoms with van der Waals surface area (Å²) in [5, 5.41) is 10.8. The van der Waals surface area contributed by atoms with Crippen molar-refractivity contribution in [2.45, 2.75) is 25.0 Å². The van der Waals surface area contributed by atoms with Crippen molar-refractivity contribution in [3.05, 3.63) is 39.6 Å². The average Bonchev–Trinajstić information content (AvgIpc) is 2.98. The van der Waals surface area contributed by atoms with Gasteiger partial charge in [-0.1, -0.05) is 48.8 Å². The monoisotopic (exact) mass is 401 g/mol. The minimum atomic E-state index is -0.456. The maximum atomic E-state index is 12.5. The molecule has 0 saturated heterocycles. The Bertz CT molecular complexity index is 781. The van der Waals surface area contributed by atoms with Gasteiger partial charge in [0.25, 0.3) is 5.91 Å². The van der Waals surface area contributed by atoms with E-state index >= 15 is 0 Å². The summed E-state index contributed by atoms with van der Waals surface area (Å²) in [5.74, 6) is -0.195. The van der Waals surface area contributed by atoms with Crippen LogP contribution in [-0.4, -0.2) is 32.7 Å². The van der Waals surface area contributed by atoms with Gasteiger partial charge in [-0.2, -0.15) is 0 Å². The first-order valence-electron chi connectivity index (χ1n) is 7.37. The number of nitrogens with zero attached hydrogens (tertiary/aromatic N) is 2. The van der Waals surface area contributed by atoms with E-state index in [1.807, 2.05) is 13.8 Å². The van der Waals surface area contributed by atoms with Crippen molar-refractivity contribution < 1.29 is 9.59 Å². The summed E-state index contributed by atoms with van der Waals surface area (Å²) in [4.78, 5) is 27.7. The van der Waals surface area contributed by atoms with Crippen LogP contribution < -0.4 is 11.1 Å². The smallest absolute Gasteiger partial charge is 0.253 e. The number of thioether (sulfide) groups is 1. The molecule has 0 aliphatic carbocycles. The molecule has 1 atom stereocenters. The third kappa shape index (κ3) is 5.35. The molecule has 0 aliphatic heterocycles. The van der Waals surface area contributed by atoms with Crippen molar-refractivity contribution in [3.8, 4) is 0 Å². The lowest BCUT2D eigenvalue weighted by Gasteiger charge is -2.20. The van der Waals surface area contributed by atoms with Gasteiger partial charge in [-0.15, -0.1) is 5.10 Å². The molecular weight excluding hydrogens is 385 g/mol. The number of rotatable bonds is 7. The van der Waals surface area contributed by atoms with E-state index in [2.05, 4.69) is 20.5 Å². The number of nitrogens with two attached hydrogens (primary N) is 1. The first kappa shape index (κ1) is 19.6. The van der Waals surface area contributed by atoms with Gasteiger partial charge in [0.15, 0.2) is 0 Å². The van der Waals surface area contributed by atoms with Crippen LogP contribution in [0, 0.1) is 5.92 Å². The molecule has 7 nitrogen and oxygen atoms in total. The summed E-state index contributed by atoms with van der Waals surface area (Å²) in [6.45, 7) is 3.88. The number of halogens is 2. The summed E-state index contributed by atoms with van der Waals surface area (Å²) < 4.78 is 0. The normalized spacial score (nSPS) is 12.2. The van der Waals surface area contributed by atoms with Crippen molar-refractivity contribution in [1.29, 1.82) is 0 Å². The highest BCUT2D eigenvalue weighted by molar-refractivity contribution is 7.99. The Labute approximate surface area is 159 Å². The molecule has 134 valence electrons. The molecule has 2 aromatic rings.